The molecule has 6 N–H and O–H groups in total. The quantitative estimate of drug-likeness (QED) is 0.247. The first-order chi connectivity index (χ1) is 6.35. The number of carboxylic acid groups (broad SMARTS) is 2. The fourth-order valence-electron chi connectivity index (χ4n) is 0.139. The summed E-state index contributed by atoms with van der Waals surface area (Å²) in [5, 5.41) is 14.8. The van der Waals surface area contributed by atoms with Gasteiger partial charge in [-0.15, -0.1) is 0 Å². The lowest BCUT2D eigenvalue weighted by Gasteiger charge is -2.03. The monoisotopic (exact) mass is 268 g/mol. The van der Waals surface area contributed by atoms with Crippen LogP contribution in [0.5, 0.6) is 0 Å². The molecule has 0 heterocycles. The van der Waals surface area contributed by atoms with Gasteiger partial charge in [-0.25, -0.2) is 18.7 Å². The van der Waals surface area contributed by atoms with Crippen LogP contribution in [-0.4, -0.2) is 41.7 Å². The third kappa shape index (κ3) is 19.6. The first kappa shape index (κ1) is 16.6. The smallest absolute Gasteiger partial charge is 0.473 e. The second-order valence-corrected chi connectivity index (χ2v) is 4.29. The average Bonchev–Trinajstić information content (AvgIpc) is 1.78. The van der Waals surface area contributed by atoms with Gasteiger partial charge in [0.05, 0.1) is 0 Å². The van der Waals surface area contributed by atoms with Crippen LogP contribution in [0.2, 0.25) is 0 Å². The number of hydrogen-bond acceptors (Lipinski definition) is 5. The van der Waals surface area contributed by atoms with Gasteiger partial charge in [-0.05, 0) is 0 Å². The summed E-state index contributed by atoms with van der Waals surface area (Å²) in [5.74, 6) is -3.65. The Morgan fingerprint density at radius 1 is 0.800 bits per heavy atom. The van der Waals surface area contributed by atoms with Crippen molar-refractivity contribution in [3.8, 4) is 0 Å². The second-order valence-electron chi connectivity index (χ2n) is 1.67. The lowest BCUT2D eigenvalue weighted by Crippen LogP contribution is -2.09. The van der Waals surface area contributed by atoms with Gasteiger partial charge in [0.1, 0.15) is 0 Å². The zero-order valence-corrected chi connectivity index (χ0v) is 8.41. The van der Waals surface area contributed by atoms with Crippen molar-refractivity contribution in [3.63, 3.8) is 0 Å². The number of aliphatic carboxylic acids is 2. The van der Waals surface area contributed by atoms with Crippen molar-refractivity contribution < 1.29 is 52.8 Å². The van der Waals surface area contributed by atoms with Crippen molar-refractivity contribution in [2.75, 3.05) is 0 Å². The number of hydrogen-bond donors (Lipinski definition) is 6. The van der Waals surface area contributed by atoms with Crippen LogP contribution in [0, 0.1) is 0 Å². The Bertz CT molecular complexity index is 285. The molecule has 0 radical (unpaired) electrons. The molecule has 90 valence electrons. The van der Waals surface area contributed by atoms with E-state index in [2.05, 4.69) is 4.31 Å². The molecule has 11 nitrogen and oxygen atoms in total. The van der Waals surface area contributed by atoms with Crippen molar-refractivity contribution in [1.82, 2.24) is 0 Å². The van der Waals surface area contributed by atoms with E-state index in [0.29, 0.717) is 0 Å². The van der Waals surface area contributed by atoms with Crippen molar-refractivity contribution in [2.45, 2.75) is 0 Å². The maximum Gasteiger partial charge on any atom is 0.478 e. The Morgan fingerprint density at radius 2 is 1.00 bits per heavy atom. The van der Waals surface area contributed by atoms with Gasteiger partial charge in [-0.2, -0.15) is 4.31 Å². The Morgan fingerprint density at radius 3 is 1.00 bits per heavy atom. The zero-order valence-electron chi connectivity index (χ0n) is 6.62. The van der Waals surface area contributed by atoms with Crippen LogP contribution >= 0.6 is 15.6 Å². The van der Waals surface area contributed by atoms with E-state index in [0.717, 1.165) is 0 Å². The van der Waals surface area contributed by atoms with Crippen LogP contribution in [0.4, 0.5) is 0 Å². The summed E-state index contributed by atoms with van der Waals surface area (Å²) in [6, 6.07) is 0. The summed E-state index contributed by atoms with van der Waals surface area (Å²) in [4.78, 5) is 49.2. The van der Waals surface area contributed by atoms with Gasteiger partial charge in [0.2, 0.25) is 0 Å². The minimum atomic E-state index is -5.05. The maximum absolute atomic E-state index is 9.63. The third-order valence-corrected chi connectivity index (χ3v) is 2.10. The second kappa shape index (κ2) is 5.93. The first-order valence-electron chi connectivity index (χ1n) is 2.64. The van der Waals surface area contributed by atoms with Gasteiger partial charge in [0.25, 0.3) is 0 Å². The highest BCUT2D eigenvalue weighted by Gasteiger charge is 2.27. The molecule has 0 unspecified atom stereocenters. The molecule has 0 saturated carbocycles. The van der Waals surface area contributed by atoms with Crippen LogP contribution in [0.3, 0.4) is 0 Å². The lowest BCUT2D eigenvalue weighted by atomic mass is 10.7. The van der Waals surface area contributed by atoms with Gasteiger partial charge in [0, 0.05) is 0 Å². The van der Waals surface area contributed by atoms with E-state index in [1.54, 1.807) is 0 Å². The highest BCUT2D eigenvalue weighted by atomic mass is 31.3. The molecule has 0 spiro atoms. The van der Waals surface area contributed by atoms with E-state index >= 15 is 0 Å². The number of carboxylic acids is 2. The summed E-state index contributed by atoms with van der Waals surface area (Å²) in [6.45, 7) is 0. The van der Waals surface area contributed by atoms with Gasteiger partial charge in [-0.3, -0.25) is 0 Å². The molecule has 0 aromatic carbocycles. The topological polar surface area (TPSA) is 199 Å². The predicted molar refractivity (Wildman–Crippen MR) is 40.4 cm³/mol. The predicted octanol–water partition coefficient (Wildman–Crippen LogP) is -1.66. The van der Waals surface area contributed by atoms with E-state index in [4.69, 9.17) is 39.4 Å². The van der Waals surface area contributed by atoms with Crippen molar-refractivity contribution in [1.29, 1.82) is 0 Å². The SMILES string of the molecule is O=C(O)C(=O)O.O=P(O)(O)OP(=O)(O)O. The van der Waals surface area contributed by atoms with Gasteiger partial charge >= 0.3 is 27.6 Å². The van der Waals surface area contributed by atoms with E-state index in [9.17, 15) is 9.13 Å². The average molecular weight is 268 g/mol. The van der Waals surface area contributed by atoms with Gasteiger partial charge in [0.15, 0.2) is 0 Å². The molecule has 0 aliphatic heterocycles. The molecular formula is C2H6O11P2. The minimum absolute atomic E-state index is 1.82. The van der Waals surface area contributed by atoms with E-state index < -0.39 is 27.6 Å². The highest BCUT2D eigenvalue weighted by molar-refractivity contribution is 7.60. The molecule has 15 heavy (non-hydrogen) atoms. The first-order valence-corrected chi connectivity index (χ1v) is 5.70. The molecule has 13 heteroatoms. The summed E-state index contributed by atoms with van der Waals surface area (Å²) < 4.78 is 22.2. The molecule has 0 aromatic rings. The molecule has 0 amide bonds. The summed E-state index contributed by atoms with van der Waals surface area (Å²) in [5.41, 5.74) is 0. The van der Waals surface area contributed by atoms with Crippen LogP contribution in [-0.2, 0) is 23.0 Å². The summed E-state index contributed by atoms with van der Waals surface area (Å²) in [6.07, 6.45) is 0. The molecule has 0 bridgehead atoms. The molecule has 0 aliphatic carbocycles. The molecule has 0 aromatic heterocycles. The van der Waals surface area contributed by atoms with Crippen molar-refractivity contribution in [3.05, 3.63) is 0 Å². The molecular weight excluding hydrogens is 262 g/mol. The number of phosphoric acid groups is 2. The fourth-order valence-corrected chi connectivity index (χ4v) is 1.25. The maximum atomic E-state index is 9.63. The molecule has 0 fully saturated rings. The lowest BCUT2D eigenvalue weighted by molar-refractivity contribution is -0.159. The largest absolute Gasteiger partial charge is 0.478 e. The zero-order chi connectivity index (χ0) is 12.9. The van der Waals surface area contributed by atoms with Crippen LogP contribution in [0.15, 0.2) is 0 Å². The van der Waals surface area contributed by atoms with E-state index in [1.165, 1.54) is 0 Å². The van der Waals surface area contributed by atoms with Crippen LogP contribution in [0.25, 0.3) is 0 Å². The molecule has 0 aliphatic rings. The Kier molecular flexibility index (Phi) is 6.57. The van der Waals surface area contributed by atoms with Crippen molar-refractivity contribution in [2.24, 2.45) is 0 Å². The van der Waals surface area contributed by atoms with Crippen molar-refractivity contribution >= 4 is 27.6 Å². The standard InChI is InChI=1S/C2H2O4.H4O7P2/c3-1(4)2(5)6;1-8(2,3)7-9(4,5)6/h(H,3,4)(H,5,6);(H2,1,2,3)(H2,4,5,6). The summed E-state index contributed by atoms with van der Waals surface area (Å²) in [7, 11) is -10.1. The fraction of sp³-hybridized carbons (Fsp3) is 0. The summed E-state index contributed by atoms with van der Waals surface area (Å²) >= 11 is 0. The number of carbonyl (C=O) groups is 2. The molecule has 0 rings (SSSR count). The normalized spacial score (nSPS) is 11.2. The van der Waals surface area contributed by atoms with E-state index in [-0.39, 0.29) is 0 Å². The van der Waals surface area contributed by atoms with Gasteiger partial charge < -0.3 is 29.8 Å². The van der Waals surface area contributed by atoms with Gasteiger partial charge in [-0.1, -0.05) is 0 Å². The van der Waals surface area contributed by atoms with Crippen LogP contribution < -0.4 is 0 Å². The Labute approximate surface area is 81.4 Å². The highest BCUT2D eigenvalue weighted by Crippen LogP contribution is 2.53. The number of rotatable bonds is 2. The van der Waals surface area contributed by atoms with Crippen LogP contribution in [0.1, 0.15) is 0 Å². The molecule has 0 atom stereocenters. The van der Waals surface area contributed by atoms with E-state index in [1.807, 2.05) is 0 Å². The molecule has 0 saturated heterocycles. The Hall–Kier alpha value is -0.800. The Balaban J connectivity index is 0. The third-order valence-electron chi connectivity index (χ3n) is 0.396. The minimum Gasteiger partial charge on any atom is -0.473 e.